The lowest BCUT2D eigenvalue weighted by Gasteiger charge is -2.27. The SMILES string of the molecule is COC(C)(C)CC(=O)N1CC2C(C1)C2(C)C. The second kappa shape index (κ2) is 3.46. The average Bonchev–Trinajstić information content (AvgIpc) is 2.61. The van der Waals surface area contributed by atoms with Crippen LogP contribution in [0.25, 0.3) is 0 Å². The van der Waals surface area contributed by atoms with Crippen molar-refractivity contribution in [2.45, 2.75) is 39.7 Å². The van der Waals surface area contributed by atoms with Gasteiger partial charge in [0.15, 0.2) is 0 Å². The van der Waals surface area contributed by atoms with Gasteiger partial charge in [0, 0.05) is 20.2 Å². The van der Waals surface area contributed by atoms with Gasteiger partial charge in [-0.3, -0.25) is 4.79 Å². The summed E-state index contributed by atoms with van der Waals surface area (Å²) in [5.74, 6) is 1.72. The van der Waals surface area contributed by atoms with Crippen LogP contribution in [0.3, 0.4) is 0 Å². The van der Waals surface area contributed by atoms with Crippen LogP contribution in [-0.4, -0.2) is 36.6 Å². The Bertz CT molecular complexity index is 295. The third-order valence-electron chi connectivity index (χ3n) is 4.60. The van der Waals surface area contributed by atoms with Crippen LogP contribution in [0.4, 0.5) is 0 Å². The van der Waals surface area contributed by atoms with E-state index in [-0.39, 0.29) is 11.5 Å². The lowest BCUT2D eigenvalue weighted by Crippen LogP contribution is -2.38. The molecule has 2 unspecified atom stereocenters. The average molecular weight is 225 g/mol. The topological polar surface area (TPSA) is 29.5 Å². The van der Waals surface area contributed by atoms with Crippen molar-refractivity contribution in [2.24, 2.45) is 17.3 Å². The smallest absolute Gasteiger partial charge is 0.225 e. The number of piperidine rings is 1. The van der Waals surface area contributed by atoms with Crippen molar-refractivity contribution < 1.29 is 9.53 Å². The molecule has 2 fully saturated rings. The van der Waals surface area contributed by atoms with Gasteiger partial charge in [-0.25, -0.2) is 0 Å². The van der Waals surface area contributed by atoms with Crippen LogP contribution in [0.2, 0.25) is 0 Å². The summed E-state index contributed by atoms with van der Waals surface area (Å²) in [6.07, 6.45) is 0.489. The van der Waals surface area contributed by atoms with Gasteiger partial charge in [0.1, 0.15) is 0 Å². The van der Waals surface area contributed by atoms with E-state index in [9.17, 15) is 4.79 Å². The zero-order valence-corrected chi connectivity index (χ0v) is 11.0. The standard InChI is InChI=1S/C13H23NO2/c1-12(2,16-5)6-11(15)14-7-9-10(8-14)13(9,3)4/h9-10H,6-8H2,1-5H3. The lowest BCUT2D eigenvalue weighted by atomic mass is 10.0. The van der Waals surface area contributed by atoms with Crippen molar-refractivity contribution in [2.75, 3.05) is 20.2 Å². The van der Waals surface area contributed by atoms with Gasteiger partial charge in [-0.05, 0) is 31.1 Å². The summed E-state index contributed by atoms with van der Waals surface area (Å²) in [6.45, 7) is 10.5. The van der Waals surface area contributed by atoms with Gasteiger partial charge in [0.25, 0.3) is 0 Å². The number of rotatable bonds is 3. The fourth-order valence-electron chi connectivity index (χ4n) is 2.88. The highest BCUT2D eigenvalue weighted by Gasteiger charge is 2.62. The molecule has 3 heteroatoms. The van der Waals surface area contributed by atoms with Crippen molar-refractivity contribution in [3.8, 4) is 0 Å². The molecule has 1 aliphatic heterocycles. The monoisotopic (exact) mass is 225 g/mol. The molecule has 0 N–H and O–H groups in total. The molecule has 1 aliphatic carbocycles. The van der Waals surface area contributed by atoms with Crippen LogP contribution in [0.1, 0.15) is 34.1 Å². The molecule has 2 atom stereocenters. The molecule has 92 valence electrons. The van der Waals surface area contributed by atoms with Crippen LogP contribution in [0.15, 0.2) is 0 Å². The molecule has 2 rings (SSSR count). The van der Waals surface area contributed by atoms with Crippen LogP contribution >= 0.6 is 0 Å². The molecule has 16 heavy (non-hydrogen) atoms. The quantitative estimate of drug-likeness (QED) is 0.734. The highest BCUT2D eigenvalue weighted by Crippen LogP contribution is 2.62. The van der Waals surface area contributed by atoms with Crippen LogP contribution in [0.5, 0.6) is 0 Å². The van der Waals surface area contributed by atoms with Gasteiger partial charge in [0.2, 0.25) is 5.91 Å². The number of carbonyl (C=O) groups is 1. The van der Waals surface area contributed by atoms with Crippen molar-refractivity contribution >= 4 is 5.91 Å². The summed E-state index contributed by atoms with van der Waals surface area (Å²) in [6, 6.07) is 0. The second-order valence-corrected chi connectivity index (χ2v) is 6.47. The normalized spacial score (nSPS) is 31.4. The summed E-state index contributed by atoms with van der Waals surface area (Å²) < 4.78 is 5.30. The molecule has 0 bridgehead atoms. The molecule has 0 aromatic rings. The molecule has 0 aromatic carbocycles. The molecule has 1 heterocycles. The van der Waals surface area contributed by atoms with Crippen molar-refractivity contribution in [3.05, 3.63) is 0 Å². The molecule has 0 radical (unpaired) electrons. The number of nitrogens with zero attached hydrogens (tertiary/aromatic N) is 1. The minimum absolute atomic E-state index is 0.245. The van der Waals surface area contributed by atoms with E-state index in [2.05, 4.69) is 13.8 Å². The zero-order valence-electron chi connectivity index (χ0n) is 11.0. The Morgan fingerprint density at radius 3 is 2.31 bits per heavy atom. The van der Waals surface area contributed by atoms with Gasteiger partial charge >= 0.3 is 0 Å². The maximum atomic E-state index is 12.0. The Morgan fingerprint density at radius 1 is 1.38 bits per heavy atom. The van der Waals surface area contributed by atoms with E-state index in [0.29, 0.717) is 11.8 Å². The van der Waals surface area contributed by atoms with Crippen molar-refractivity contribution in [1.29, 1.82) is 0 Å². The highest BCUT2D eigenvalue weighted by atomic mass is 16.5. The summed E-state index contributed by atoms with van der Waals surface area (Å²) >= 11 is 0. The first-order valence-corrected chi connectivity index (χ1v) is 6.11. The van der Waals surface area contributed by atoms with E-state index < -0.39 is 0 Å². The predicted octanol–water partition coefficient (Wildman–Crippen LogP) is 1.92. The fraction of sp³-hybridized carbons (Fsp3) is 0.923. The molecule has 1 saturated heterocycles. The first-order valence-electron chi connectivity index (χ1n) is 6.11. The highest BCUT2D eigenvalue weighted by molar-refractivity contribution is 5.77. The number of methoxy groups -OCH3 is 1. The molecule has 0 aromatic heterocycles. The molecule has 2 aliphatic rings. The summed E-state index contributed by atoms with van der Waals surface area (Å²) in [7, 11) is 1.66. The first kappa shape index (κ1) is 11.9. The van der Waals surface area contributed by atoms with Gasteiger partial charge in [-0.1, -0.05) is 13.8 Å². The summed E-state index contributed by atoms with van der Waals surface area (Å²) in [5, 5.41) is 0. The van der Waals surface area contributed by atoms with Crippen LogP contribution in [0, 0.1) is 17.3 Å². The summed E-state index contributed by atoms with van der Waals surface area (Å²) in [4.78, 5) is 14.1. The number of amides is 1. The Balaban J connectivity index is 1.86. The number of fused-ring (bicyclic) bond motifs is 1. The Labute approximate surface area is 98.1 Å². The third-order valence-corrected chi connectivity index (χ3v) is 4.60. The van der Waals surface area contributed by atoms with E-state index in [1.54, 1.807) is 7.11 Å². The number of hydrogen-bond acceptors (Lipinski definition) is 2. The Morgan fingerprint density at radius 2 is 1.88 bits per heavy atom. The summed E-state index contributed by atoms with van der Waals surface area (Å²) in [5.41, 5.74) is 0.146. The number of carbonyl (C=O) groups excluding carboxylic acids is 1. The van der Waals surface area contributed by atoms with E-state index in [1.807, 2.05) is 18.7 Å². The minimum atomic E-state index is -0.334. The van der Waals surface area contributed by atoms with E-state index in [1.165, 1.54) is 0 Å². The maximum Gasteiger partial charge on any atom is 0.225 e. The zero-order chi connectivity index (χ0) is 12.1. The molecular formula is C13H23NO2. The molecule has 1 amide bonds. The molecule has 0 spiro atoms. The van der Waals surface area contributed by atoms with E-state index >= 15 is 0 Å². The van der Waals surface area contributed by atoms with Crippen molar-refractivity contribution in [3.63, 3.8) is 0 Å². The lowest BCUT2D eigenvalue weighted by molar-refractivity contribution is -0.136. The van der Waals surface area contributed by atoms with Gasteiger partial charge in [-0.15, -0.1) is 0 Å². The Hall–Kier alpha value is -0.570. The van der Waals surface area contributed by atoms with Gasteiger partial charge in [0.05, 0.1) is 12.0 Å². The van der Waals surface area contributed by atoms with Crippen LogP contribution in [-0.2, 0) is 9.53 Å². The third kappa shape index (κ3) is 1.86. The largest absolute Gasteiger partial charge is 0.378 e. The predicted molar refractivity (Wildman–Crippen MR) is 63.0 cm³/mol. The number of ether oxygens (including phenoxy) is 1. The second-order valence-electron chi connectivity index (χ2n) is 6.47. The van der Waals surface area contributed by atoms with Crippen molar-refractivity contribution in [1.82, 2.24) is 4.90 Å². The van der Waals surface area contributed by atoms with Gasteiger partial charge in [-0.2, -0.15) is 0 Å². The first-order chi connectivity index (χ1) is 7.28. The molecular weight excluding hydrogens is 202 g/mol. The van der Waals surface area contributed by atoms with E-state index in [4.69, 9.17) is 4.74 Å². The number of likely N-dealkylation sites (tertiary alicyclic amines) is 1. The maximum absolute atomic E-state index is 12.0. The Kier molecular flexibility index (Phi) is 2.57. The minimum Gasteiger partial charge on any atom is -0.378 e. The van der Waals surface area contributed by atoms with Crippen LogP contribution < -0.4 is 0 Å². The van der Waals surface area contributed by atoms with E-state index in [0.717, 1.165) is 24.9 Å². The van der Waals surface area contributed by atoms with Gasteiger partial charge < -0.3 is 9.64 Å². The fourth-order valence-corrected chi connectivity index (χ4v) is 2.88. The number of hydrogen-bond donors (Lipinski definition) is 0. The molecule has 1 saturated carbocycles. The molecule has 3 nitrogen and oxygen atoms in total.